The van der Waals surface area contributed by atoms with Crippen molar-refractivity contribution in [2.24, 2.45) is 5.92 Å². The number of alkyl halides is 5. The van der Waals surface area contributed by atoms with Crippen molar-refractivity contribution in [1.82, 2.24) is 14.9 Å². The van der Waals surface area contributed by atoms with Crippen molar-refractivity contribution in [3.63, 3.8) is 0 Å². The second kappa shape index (κ2) is 9.76. The van der Waals surface area contributed by atoms with Gasteiger partial charge >= 0.3 is 6.18 Å². The van der Waals surface area contributed by atoms with Crippen molar-refractivity contribution in [1.29, 1.82) is 0 Å². The van der Waals surface area contributed by atoms with Crippen LogP contribution in [0.15, 0.2) is 42.6 Å². The summed E-state index contributed by atoms with van der Waals surface area (Å²) >= 11 is 1.33. The molecule has 5 nitrogen and oxygen atoms in total. The Morgan fingerprint density at radius 2 is 1.92 bits per heavy atom. The van der Waals surface area contributed by atoms with E-state index in [2.05, 4.69) is 15.3 Å². The molecule has 1 saturated heterocycles. The fourth-order valence-electron chi connectivity index (χ4n) is 4.47. The standard InChI is InChI=1S/C25H25F5N4OS/c1-14-6-4-5-7-18(14)22-21(33-16(3)36-22)23(35)34-13-24(26,27)10-15(2)19(34)12-32-20-9-8-17(11-31-20)25(28,29)30/h4-9,11,15,19H,10,12-13H2,1-3H3,(H,31,32)/t15-,19?/m1/s1. The van der Waals surface area contributed by atoms with Gasteiger partial charge in [-0.2, -0.15) is 13.2 Å². The number of likely N-dealkylation sites (tertiary alicyclic amines) is 1. The van der Waals surface area contributed by atoms with Crippen molar-refractivity contribution in [2.45, 2.75) is 45.3 Å². The summed E-state index contributed by atoms with van der Waals surface area (Å²) in [6, 6.07) is 8.90. The number of anilines is 1. The van der Waals surface area contributed by atoms with Gasteiger partial charge in [-0.1, -0.05) is 31.2 Å². The SMILES string of the molecule is Cc1nc(C(=O)N2CC(F)(F)C[C@@H](C)C2CNc2ccc(C(F)(F)F)cn2)c(-c2ccccc2C)s1. The molecule has 1 unspecified atom stereocenters. The van der Waals surface area contributed by atoms with Crippen LogP contribution in [0.1, 0.15) is 40.0 Å². The molecule has 4 rings (SSSR count). The Kier molecular flexibility index (Phi) is 7.05. The second-order valence-corrected chi connectivity index (χ2v) is 10.3. The molecule has 0 saturated carbocycles. The molecular formula is C25H25F5N4OS. The highest BCUT2D eigenvalue weighted by Gasteiger charge is 2.47. The van der Waals surface area contributed by atoms with Gasteiger partial charge in [0.15, 0.2) is 0 Å². The van der Waals surface area contributed by atoms with Crippen LogP contribution in [0.2, 0.25) is 0 Å². The maximum Gasteiger partial charge on any atom is 0.417 e. The lowest BCUT2D eigenvalue weighted by Gasteiger charge is -2.43. The van der Waals surface area contributed by atoms with Gasteiger partial charge in [0, 0.05) is 19.2 Å². The van der Waals surface area contributed by atoms with E-state index in [0.717, 1.165) is 22.1 Å². The van der Waals surface area contributed by atoms with E-state index in [1.165, 1.54) is 17.4 Å². The molecule has 3 heterocycles. The Bertz CT molecular complexity index is 1240. The van der Waals surface area contributed by atoms with Crippen molar-refractivity contribution < 1.29 is 26.7 Å². The average molecular weight is 525 g/mol. The molecule has 0 spiro atoms. The van der Waals surface area contributed by atoms with E-state index in [0.29, 0.717) is 16.1 Å². The molecular weight excluding hydrogens is 499 g/mol. The van der Waals surface area contributed by atoms with Crippen molar-refractivity contribution in [3.05, 3.63) is 64.4 Å². The number of nitrogens with zero attached hydrogens (tertiary/aromatic N) is 3. The molecule has 2 aromatic heterocycles. The zero-order valence-corrected chi connectivity index (χ0v) is 20.7. The smallest absolute Gasteiger partial charge is 0.368 e. The number of carbonyl (C=O) groups is 1. The zero-order valence-electron chi connectivity index (χ0n) is 19.9. The number of hydrogen-bond donors (Lipinski definition) is 1. The third kappa shape index (κ3) is 5.50. The summed E-state index contributed by atoms with van der Waals surface area (Å²) in [6.45, 7) is 4.57. The largest absolute Gasteiger partial charge is 0.417 e. The highest BCUT2D eigenvalue weighted by Crippen LogP contribution is 2.38. The Morgan fingerprint density at radius 1 is 1.19 bits per heavy atom. The molecule has 0 bridgehead atoms. The minimum atomic E-state index is -4.52. The molecule has 1 fully saturated rings. The molecule has 11 heteroatoms. The van der Waals surface area contributed by atoms with Gasteiger partial charge in [-0.3, -0.25) is 4.79 Å². The van der Waals surface area contributed by atoms with Gasteiger partial charge < -0.3 is 10.2 Å². The van der Waals surface area contributed by atoms with Gasteiger partial charge in [0.05, 0.1) is 28.0 Å². The van der Waals surface area contributed by atoms with Crippen LogP contribution < -0.4 is 5.32 Å². The topological polar surface area (TPSA) is 58.1 Å². The predicted octanol–water partition coefficient (Wildman–Crippen LogP) is 6.44. The predicted molar refractivity (Wildman–Crippen MR) is 128 cm³/mol. The lowest BCUT2D eigenvalue weighted by atomic mass is 9.88. The molecule has 3 aromatic rings. The number of nitrogens with one attached hydrogen (secondary N) is 1. The van der Waals surface area contributed by atoms with Crippen molar-refractivity contribution in [3.8, 4) is 10.4 Å². The number of aryl methyl sites for hydroxylation is 2. The number of thiazole rings is 1. The summed E-state index contributed by atoms with van der Waals surface area (Å²) in [4.78, 5) is 23.6. The summed E-state index contributed by atoms with van der Waals surface area (Å²) in [5, 5.41) is 3.55. The van der Waals surface area contributed by atoms with Gasteiger partial charge in [-0.25, -0.2) is 18.7 Å². The minimum Gasteiger partial charge on any atom is -0.368 e. The fraction of sp³-hybridized carbons (Fsp3) is 0.400. The van der Waals surface area contributed by atoms with E-state index in [1.54, 1.807) is 13.8 Å². The third-order valence-corrected chi connectivity index (χ3v) is 7.25. The van der Waals surface area contributed by atoms with E-state index >= 15 is 0 Å². The molecule has 1 N–H and O–H groups in total. The first-order valence-corrected chi connectivity index (χ1v) is 12.2. The number of amides is 1. The number of carbonyl (C=O) groups excluding carboxylic acids is 1. The Hall–Kier alpha value is -3.08. The Labute approximate surface area is 209 Å². The van der Waals surface area contributed by atoms with Gasteiger partial charge in [-0.05, 0) is 43.0 Å². The number of aromatic nitrogens is 2. The summed E-state index contributed by atoms with van der Waals surface area (Å²) in [7, 11) is 0. The van der Waals surface area contributed by atoms with Crippen LogP contribution in [0.4, 0.5) is 27.8 Å². The molecule has 36 heavy (non-hydrogen) atoms. The van der Waals surface area contributed by atoms with Crippen molar-refractivity contribution >= 4 is 23.1 Å². The average Bonchev–Trinajstić information content (AvgIpc) is 3.18. The van der Waals surface area contributed by atoms with E-state index in [-0.39, 0.29) is 18.1 Å². The highest BCUT2D eigenvalue weighted by molar-refractivity contribution is 7.15. The van der Waals surface area contributed by atoms with E-state index in [4.69, 9.17) is 0 Å². The van der Waals surface area contributed by atoms with Crippen LogP contribution in [-0.2, 0) is 6.18 Å². The van der Waals surface area contributed by atoms with Crippen molar-refractivity contribution in [2.75, 3.05) is 18.4 Å². The number of piperidine rings is 1. The summed E-state index contributed by atoms with van der Waals surface area (Å²) in [5.74, 6) is -4.10. The fourth-order valence-corrected chi connectivity index (χ4v) is 5.47. The van der Waals surface area contributed by atoms with E-state index in [9.17, 15) is 26.7 Å². The summed E-state index contributed by atoms with van der Waals surface area (Å²) in [5.41, 5.74) is 0.971. The van der Waals surface area contributed by atoms with Crippen LogP contribution in [0.5, 0.6) is 0 Å². The van der Waals surface area contributed by atoms with Gasteiger partial charge in [0.1, 0.15) is 11.5 Å². The summed E-state index contributed by atoms with van der Waals surface area (Å²) in [6.07, 6.45) is -4.22. The Balaban J connectivity index is 1.62. The molecule has 1 amide bonds. The third-order valence-electron chi connectivity index (χ3n) is 6.25. The van der Waals surface area contributed by atoms with Crippen LogP contribution in [-0.4, -0.2) is 45.8 Å². The quantitative estimate of drug-likeness (QED) is 0.391. The van der Waals surface area contributed by atoms with Gasteiger partial charge in [0.25, 0.3) is 11.8 Å². The molecule has 1 aliphatic heterocycles. The van der Waals surface area contributed by atoms with Crippen LogP contribution in [0, 0.1) is 19.8 Å². The minimum absolute atomic E-state index is 0.0458. The van der Waals surface area contributed by atoms with Gasteiger partial charge in [-0.15, -0.1) is 11.3 Å². The van der Waals surface area contributed by atoms with Crippen LogP contribution >= 0.6 is 11.3 Å². The molecule has 192 valence electrons. The van der Waals surface area contributed by atoms with Gasteiger partial charge in [0.2, 0.25) is 0 Å². The number of rotatable bonds is 5. The number of halogens is 5. The molecule has 1 aromatic carbocycles. The van der Waals surface area contributed by atoms with E-state index < -0.39 is 48.5 Å². The maximum atomic E-state index is 14.6. The van der Waals surface area contributed by atoms with E-state index in [1.807, 2.05) is 31.2 Å². The van der Waals surface area contributed by atoms with Crippen LogP contribution in [0.25, 0.3) is 10.4 Å². The lowest BCUT2D eigenvalue weighted by Crippen LogP contribution is -2.57. The first-order valence-electron chi connectivity index (χ1n) is 11.3. The molecule has 0 aliphatic carbocycles. The monoisotopic (exact) mass is 524 g/mol. The maximum absolute atomic E-state index is 14.6. The van der Waals surface area contributed by atoms with Crippen LogP contribution in [0.3, 0.4) is 0 Å². The normalized spacial score (nSPS) is 19.8. The first-order chi connectivity index (χ1) is 16.9. The zero-order chi connectivity index (χ0) is 26.3. The second-order valence-electron chi connectivity index (χ2n) is 9.07. The number of pyridine rings is 1. The lowest BCUT2D eigenvalue weighted by molar-refractivity contribution is -0.137. The highest BCUT2D eigenvalue weighted by atomic mass is 32.1. The Morgan fingerprint density at radius 3 is 2.56 bits per heavy atom. The molecule has 2 atom stereocenters. The first kappa shape index (κ1) is 26.0. The summed E-state index contributed by atoms with van der Waals surface area (Å²) < 4.78 is 67.7. The number of benzene rings is 1. The molecule has 0 radical (unpaired) electrons. The number of hydrogen-bond acceptors (Lipinski definition) is 5. The molecule has 1 aliphatic rings.